The molecule has 2 heterocycles. The van der Waals surface area contributed by atoms with Crippen LogP contribution in [-0.4, -0.2) is 33.0 Å². The molecule has 0 radical (unpaired) electrons. The summed E-state index contributed by atoms with van der Waals surface area (Å²) in [5.74, 6) is -0.618. The predicted octanol–water partition coefficient (Wildman–Crippen LogP) is 4.35. The number of ether oxygens (including phenoxy) is 1. The summed E-state index contributed by atoms with van der Waals surface area (Å²) in [6.07, 6.45) is 5.68. The number of fused-ring (bicyclic) bond motifs is 4. The van der Waals surface area contributed by atoms with Gasteiger partial charge >= 0.3 is 5.97 Å². The Kier molecular flexibility index (Phi) is 4.75. The molecule has 1 aliphatic carbocycles. The number of aryl methyl sites for hydroxylation is 1. The molecular formula is C24H21N3O3. The van der Waals surface area contributed by atoms with E-state index >= 15 is 0 Å². The lowest BCUT2D eigenvalue weighted by Gasteiger charge is -2.15. The van der Waals surface area contributed by atoms with Crippen LogP contribution in [0.1, 0.15) is 45.8 Å². The van der Waals surface area contributed by atoms with Crippen molar-refractivity contribution in [1.82, 2.24) is 14.5 Å². The van der Waals surface area contributed by atoms with Crippen molar-refractivity contribution in [2.75, 3.05) is 6.61 Å². The molecule has 5 rings (SSSR count). The topological polar surface area (TPSA) is 74.1 Å². The summed E-state index contributed by atoms with van der Waals surface area (Å²) in [5.41, 5.74) is 4.83. The van der Waals surface area contributed by atoms with E-state index in [1.807, 2.05) is 41.0 Å². The molecule has 0 saturated heterocycles. The number of rotatable bonds is 4. The molecule has 1 aliphatic rings. The highest BCUT2D eigenvalue weighted by atomic mass is 16.5. The van der Waals surface area contributed by atoms with Gasteiger partial charge < -0.3 is 4.74 Å². The van der Waals surface area contributed by atoms with E-state index in [9.17, 15) is 9.59 Å². The second-order valence-corrected chi connectivity index (χ2v) is 7.51. The average molecular weight is 399 g/mol. The van der Waals surface area contributed by atoms with Crippen molar-refractivity contribution in [3.05, 3.63) is 71.7 Å². The molecular weight excluding hydrogens is 378 g/mol. The molecule has 4 aromatic rings. The number of benzene rings is 2. The van der Waals surface area contributed by atoms with E-state index in [-0.39, 0.29) is 24.6 Å². The van der Waals surface area contributed by atoms with E-state index in [1.165, 1.54) is 11.8 Å². The Balaban J connectivity index is 1.31. The minimum atomic E-state index is -0.569. The van der Waals surface area contributed by atoms with E-state index in [4.69, 9.17) is 4.74 Å². The number of carbonyl (C=O) groups excluding carboxylic acids is 2. The van der Waals surface area contributed by atoms with Gasteiger partial charge in [0.2, 0.25) is 5.91 Å². The Morgan fingerprint density at radius 2 is 1.73 bits per heavy atom. The zero-order valence-corrected chi connectivity index (χ0v) is 16.5. The van der Waals surface area contributed by atoms with Crippen LogP contribution in [0.2, 0.25) is 0 Å². The van der Waals surface area contributed by atoms with Gasteiger partial charge in [-0.25, -0.2) is 9.78 Å². The molecule has 0 fully saturated rings. The number of aromatic nitrogens is 3. The Morgan fingerprint density at radius 3 is 2.63 bits per heavy atom. The number of carbonyl (C=O) groups is 2. The number of para-hydroxylation sites is 3. The van der Waals surface area contributed by atoms with E-state index < -0.39 is 5.97 Å². The van der Waals surface area contributed by atoms with Crippen LogP contribution in [0.15, 0.2) is 54.7 Å². The highest BCUT2D eigenvalue weighted by Crippen LogP contribution is 2.32. The monoisotopic (exact) mass is 399 g/mol. The lowest BCUT2D eigenvalue weighted by molar-refractivity contribution is 0.0483. The summed E-state index contributed by atoms with van der Waals surface area (Å²) in [7, 11) is 0. The first-order chi connectivity index (χ1) is 14.7. The van der Waals surface area contributed by atoms with Gasteiger partial charge in [0.1, 0.15) is 6.61 Å². The molecule has 150 valence electrons. The van der Waals surface area contributed by atoms with Crippen molar-refractivity contribution >= 4 is 33.8 Å². The fraction of sp³-hybridized carbons (Fsp3) is 0.250. The minimum Gasteiger partial charge on any atom is -0.460 e. The molecule has 0 amide bonds. The molecule has 0 N–H and O–H groups in total. The fourth-order valence-electron chi connectivity index (χ4n) is 4.25. The van der Waals surface area contributed by atoms with Crippen LogP contribution < -0.4 is 0 Å². The summed E-state index contributed by atoms with van der Waals surface area (Å²) in [4.78, 5) is 33.9. The van der Waals surface area contributed by atoms with E-state index in [0.717, 1.165) is 42.3 Å². The minimum absolute atomic E-state index is 0.00739. The van der Waals surface area contributed by atoms with Gasteiger partial charge in [0.05, 0.1) is 29.2 Å². The Hall–Kier alpha value is -3.54. The van der Waals surface area contributed by atoms with Gasteiger partial charge in [-0.1, -0.05) is 30.3 Å². The molecule has 0 bridgehead atoms. The average Bonchev–Trinajstić information content (AvgIpc) is 3.13. The van der Waals surface area contributed by atoms with Gasteiger partial charge in [-0.15, -0.1) is 0 Å². The zero-order valence-electron chi connectivity index (χ0n) is 16.5. The third-order valence-corrected chi connectivity index (χ3v) is 5.63. The predicted molar refractivity (Wildman–Crippen MR) is 114 cm³/mol. The molecule has 30 heavy (non-hydrogen) atoms. The van der Waals surface area contributed by atoms with E-state index in [0.29, 0.717) is 11.0 Å². The van der Waals surface area contributed by atoms with Crippen molar-refractivity contribution in [3.8, 4) is 0 Å². The van der Waals surface area contributed by atoms with Gasteiger partial charge in [0, 0.05) is 11.1 Å². The van der Waals surface area contributed by atoms with Gasteiger partial charge in [-0.3, -0.25) is 14.3 Å². The maximum atomic E-state index is 13.0. The number of hydrogen-bond acceptors (Lipinski definition) is 5. The largest absolute Gasteiger partial charge is 0.460 e. The molecule has 0 aliphatic heterocycles. The second kappa shape index (κ2) is 7.71. The molecule has 6 heteroatoms. The van der Waals surface area contributed by atoms with Crippen molar-refractivity contribution in [2.24, 2.45) is 0 Å². The summed E-state index contributed by atoms with van der Waals surface area (Å²) in [6, 6.07) is 15.4. The van der Waals surface area contributed by atoms with Crippen LogP contribution in [0.3, 0.4) is 0 Å². The smallest absolute Gasteiger partial charge is 0.358 e. The van der Waals surface area contributed by atoms with Crippen LogP contribution in [0, 0.1) is 0 Å². The van der Waals surface area contributed by atoms with Gasteiger partial charge in [-0.05, 0) is 49.4 Å². The van der Waals surface area contributed by atoms with E-state index in [1.54, 1.807) is 6.07 Å². The maximum absolute atomic E-state index is 13.0. The lowest BCUT2D eigenvalue weighted by Crippen LogP contribution is -2.19. The highest BCUT2D eigenvalue weighted by molar-refractivity contribution is 5.96. The maximum Gasteiger partial charge on any atom is 0.358 e. The van der Waals surface area contributed by atoms with Gasteiger partial charge in [0.25, 0.3) is 0 Å². The van der Waals surface area contributed by atoms with Crippen LogP contribution >= 0.6 is 0 Å². The Morgan fingerprint density at radius 1 is 0.967 bits per heavy atom. The summed E-state index contributed by atoms with van der Waals surface area (Å²) < 4.78 is 7.15. The van der Waals surface area contributed by atoms with Gasteiger partial charge in [0.15, 0.2) is 5.69 Å². The first-order valence-corrected chi connectivity index (χ1v) is 10.3. The lowest BCUT2D eigenvalue weighted by atomic mass is 9.95. The summed E-state index contributed by atoms with van der Waals surface area (Å²) >= 11 is 0. The standard InChI is InChI=1S/C24H21N3O3/c28-23(27-21-11-5-1-7-16(21)17-8-2-6-12-22(17)27)13-14-30-24(29)20-15-25-18-9-3-4-10-19(18)26-20/h1,3-5,7,9-11,15H,2,6,8,12-14H2. The third kappa shape index (κ3) is 3.24. The van der Waals surface area contributed by atoms with Crippen LogP contribution in [0.4, 0.5) is 0 Å². The first kappa shape index (κ1) is 18.5. The first-order valence-electron chi connectivity index (χ1n) is 10.3. The Bertz CT molecular complexity index is 1280. The molecule has 0 spiro atoms. The van der Waals surface area contributed by atoms with Crippen molar-refractivity contribution < 1.29 is 14.3 Å². The number of hydrogen-bond donors (Lipinski definition) is 0. The molecule has 0 saturated carbocycles. The van der Waals surface area contributed by atoms with Crippen molar-refractivity contribution in [3.63, 3.8) is 0 Å². The van der Waals surface area contributed by atoms with Crippen LogP contribution in [-0.2, 0) is 17.6 Å². The van der Waals surface area contributed by atoms with E-state index in [2.05, 4.69) is 16.0 Å². The third-order valence-electron chi connectivity index (χ3n) is 5.63. The Labute approximate surface area is 173 Å². The van der Waals surface area contributed by atoms with Crippen LogP contribution in [0.25, 0.3) is 21.9 Å². The van der Waals surface area contributed by atoms with Crippen LogP contribution in [0.5, 0.6) is 0 Å². The SMILES string of the molecule is O=C(OCCC(=O)n1c2c(c3ccccc31)CCCC2)c1cnc2ccccc2n1. The number of esters is 1. The number of nitrogens with zero attached hydrogens (tertiary/aromatic N) is 3. The normalized spacial score (nSPS) is 13.3. The molecule has 0 atom stereocenters. The fourth-order valence-corrected chi connectivity index (χ4v) is 4.25. The summed E-state index contributed by atoms with van der Waals surface area (Å²) in [5, 5.41) is 1.16. The molecule has 2 aromatic heterocycles. The highest BCUT2D eigenvalue weighted by Gasteiger charge is 2.23. The second-order valence-electron chi connectivity index (χ2n) is 7.51. The van der Waals surface area contributed by atoms with Crippen molar-refractivity contribution in [1.29, 1.82) is 0 Å². The van der Waals surface area contributed by atoms with Crippen molar-refractivity contribution in [2.45, 2.75) is 32.1 Å². The molecule has 0 unspecified atom stereocenters. The summed E-state index contributed by atoms with van der Waals surface area (Å²) in [6.45, 7) is 0.00739. The molecule has 2 aromatic carbocycles. The zero-order chi connectivity index (χ0) is 20.5. The quantitative estimate of drug-likeness (QED) is 0.477. The molecule has 6 nitrogen and oxygen atoms in total. The van der Waals surface area contributed by atoms with Gasteiger partial charge in [-0.2, -0.15) is 0 Å².